The highest BCUT2D eigenvalue weighted by atomic mass is 16.7. The van der Waals surface area contributed by atoms with Crippen LogP contribution in [0, 0.1) is 0 Å². The smallest absolute Gasteiger partial charge is 0.231 e. The summed E-state index contributed by atoms with van der Waals surface area (Å²) in [4.78, 5) is 14.7. The zero-order valence-electron chi connectivity index (χ0n) is 15.5. The van der Waals surface area contributed by atoms with Crippen LogP contribution in [0.4, 0.5) is 0 Å². The van der Waals surface area contributed by atoms with Gasteiger partial charge in [-0.2, -0.15) is 0 Å². The summed E-state index contributed by atoms with van der Waals surface area (Å²) in [5.41, 5.74) is 1.13. The van der Waals surface area contributed by atoms with Gasteiger partial charge in [-0.1, -0.05) is 51.5 Å². The zero-order chi connectivity index (χ0) is 17.5. The van der Waals surface area contributed by atoms with Crippen molar-refractivity contribution in [3.63, 3.8) is 0 Å². The Balaban J connectivity index is 1.44. The van der Waals surface area contributed by atoms with E-state index in [1.165, 1.54) is 38.5 Å². The number of benzene rings is 1. The van der Waals surface area contributed by atoms with Gasteiger partial charge in [-0.25, -0.2) is 0 Å². The molecule has 1 aromatic rings. The lowest BCUT2D eigenvalue weighted by Crippen LogP contribution is -2.32. The topological polar surface area (TPSA) is 38.8 Å². The van der Waals surface area contributed by atoms with Gasteiger partial charge in [0.1, 0.15) is 0 Å². The second kappa shape index (κ2) is 9.12. The van der Waals surface area contributed by atoms with Gasteiger partial charge in [0.15, 0.2) is 11.5 Å². The summed E-state index contributed by atoms with van der Waals surface area (Å²) in [6.45, 7) is 3.23. The van der Waals surface area contributed by atoms with E-state index in [1.54, 1.807) is 0 Å². The molecule has 25 heavy (non-hydrogen) atoms. The van der Waals surface area contributed by atoms with Crippen molar-refractivity contribution in [2.75, 3.05) is 6.79 Å². The summed E-state index contributed by atoms with van der Waals surface area (Å²) in [5, 5.41) is 0. The number of ether oxygens (including phenoxy) is 2. The van der Waals surface area contributed by atoms with Crippen LogP contribution in [0.1, 0.15) is 76.7 Å². The summed E-state index contributed by atoms with van der Waals surface area (Å²) in [5.74, 6) is 1.91. The lowest BCUT2D eigenvalue weighted by molar-refractivity contribution is -0.132. The van der Waals surface area contributed by atoms with Crippen LogP contribution >= 0.6 is 0 Å². The number of fused-ring (bicyclic) bond motifs is 1. The van der Waals surface area contributed by atoms with E-state index in [1.807, 2.05) is 18.2 Å². The molecule has 0 unspecified atom stereocenters. The first-order valence-corrected chi connectivity index (χ1v) is 9.96. The average molecular weight is 345 g/mol. The fourth-order valence-electron chi connectivity index (χ4n) is 3.42. The molecule has 1 heterocycles. The van der Waals surface area contributed by atoms with Crippen molar-refractivity contribution in [3.05, 3.63) is 23.8 Å². The van der Waals surface area contributed by atoms with Gasteiger partial charge in [0, 0.05) is 19.0 Å². The maximum atomic E-state index is 12.7. The first-order valence-electron chi connectivity index (χ1n) is 9.96. The third kappa shape index (κ3) is 5.38. The molecular formula is C21H31NO3. The number of rotatable bonds is 11. The number of carbonyl (C=O) groups is 1. The molecule has 0 N–H and O–H groups in total. The van der Waals surface area contributed by atoms with E-state index in [0.29, 0.717) is 31.7 Å². The van der Waals surface area contributed by atoms with Crippen LogP contribution in [0.2, 0.25) is 0 Å². The van der Waals surface area contributed by atoms with Crippen LogP contribution in [0.25, 0.3) is 0 Å². The Bertz CT molecular complexity index is 568. The minimum Gasteiger partial charge on any atom is -0.454 e. The van der Waals surface area contributed by atoms with Crippen molar-refractivity contribution in [1.82, 2.24) is 4.90 Å². The van der Waals surface area contributed by atoms with Gasteiger partial charge in [0.2, 0.25) is 12.7 Å². The molecule has 4 heteroatoms. The fourth-order valence-corrected chi connectivity index (χ4v) is 3.42. The highest BCUT2D eigenvalue weighted by molar-refractivity contribution is 5.76. The highest BCUT2D eigenvalue weighted by Crippen LogP contribution is 2.34. The molecule has 1 aromatic carbocycles. The molecule has 0 atom stereocenters. The van der Waals surface area contributed by atoms with Crippen LogP contribution in [0.5, 0.6) is 11.5 Å². The minimum atomic E-state index is 0.294. The molecule has 1 saturated carbocycles. The summed E-state index contributed by atoms with van der Waals surface area (Å²) in [6, 6.07) is 6.45. The van der Waals surface area contributed by atoms with Gasteiger partial charge in [-0.3, -0.25) is 4.79 Å². The molecule has 0 saturated heterocycles. The van der Waals surface area contributed by atoms with Crippen molar-refractivity contribution >= 4 is 5.91 Å². The molecule has 138 valence electrons. The Labute approximate surface area is 151 Å². The molecule has 0 bridgehead atoms. The quantitative estimate of drug-likeness (QED) is 0.527. The predicted octanol–water partition coefficient (Wildman–Crippen LogP) is 5.05. The normalized spacial score (nSPS) is 15.4. The lowest BCUT2D eigenvalue weighted by atomic mass is 10.1. The first kappa shape index (κ1) is 18.1. The zero-order valence-corrected chi connectivity index (χ0v) is 15.5. The van der Waals surface area contributed by atoms with E-state index in [4.69, 9.17) is 9.47 Å². The second-order valence-corrected chi connectivity index (χ2v) is 7.31. The molecule has 2 aliphatic rings. The van der Waals surface area contributed by atoms with Crippen LogP contribution in [0.3, 0.4) is 0 Å². The van der Waals surface area contributed by atoms with E-state index in [9.17, 15) is 4.79 Å². The first-order chi connectivity index (χ1) is 12.3. The summed E-state index contributed by atoms with van der Waals surface area (Å²) >= 11 is 0. The van der Waals surface area contributed by atoms with Crippen LogP contribution in [-0.2, 0) is 11.3 Å². The van der Waals surface area contributed by atoms with Gasteiger partial charge in [-0.15, -0.1) is 0 Å². The molecular weight excluding hydrogens is 314 g/mol. The molecule has 0 spiro atoms. The molecule has 0 aromatic heterocycles. The van der Waals surface area contributed by atoms with Gasteiger partial charge in [0.25, 0.3) is 0 Å². The van der Waals surface area contributed by atoms with E-state index in [2.05, 4.69) is 11.8 Å². The number of amides is 1. The van der Waals surface area contributed by atoms with Crippen LogP contribution in [-0.4, -0.2) is 23.6 Å². The van der Waals surface area contributed by atoms with E-state index in [0.717, 1.165) is 36.3 Å². The van der Waals surface area contributed by atoms with Crippen LogP contribution < -0.4 is 9.47 Å². The van der Waals surface area contributed by atoms with E-state index >= 15 is 0 Å². The summed E-state index contributed by atoms with van der Waals surface area (Å²) in [6.07, 6.45) is 11.7. The van der Waals surface area contributed by atoms with E-state index in [-0.39, 0.29) is 0 Å². The largest absolute Gasteiger partial charge is 0.454 e. The Morgan fingerprint density at radius 1 is 1.04 bits per heavy atom. The summed E-state index contributed by atoms with van der Waals surface area (Å²) < 4.78 is 10.8. The average Bonchev–Trinajstić information content (AvgIpc) is 3.35. The third-order valence-electron chi connectivity index (χ3n) is 5.09. The molecule has 1 aliphatic heterocycles. The Morgan fingerprint density at radius 3 is 2.52 bits per heavy atom. The standard InChI is InChI=1S/C21H31NO3/c1-2-3-4-5-6-7-8-9-21(23)22(18-11-12-18)15-17-10-13-19-20(14-17)25-16-24-19/h10,13-14,18H,2-9,11-12,15-16H2,1H3. The Morgan fingerprint density at radius 2 is 1.76 bits per heavy atom. The highest BCUT2D eigenvalue weighted by Gasteiger charge is 2.32. The minimum absolute atomic E-state index is 0.294. The lowest BCUT2D eigenvalue weighted by Gasteiger charge is -2.23. The van der Waals surface area contributed by atoms with Gasteiger partial charge in [-0.05, 0) is 37.0 Å². The number of unbranched alkanes of at least 4 members (excludes halogenated alkanes) is 6. The molecule has 0 radical (unpaired) electrons. The van der Waals surface area contributed by atoms with Gasteiger partial charge in [0.05, 0.1) is 0 Å². The monoisotopic (exact) mass is 345 g/mol. The van der Waals surface area contributed by atoms with Crippen molar-refractivity contribution < 1.29 is 14.3 Å². The second-order valence-electron chi connectivity index (χ2n) is 7.31. The maximum absolute atomic E-state index is 12.7. The predicted molar refractivity (Wildman–Crippen MR) is 98.7 cm³/mol. The molecule has 3 rings (SSSR count). The van der Waals surface area contributed by atoms with Gasteiger partial charge < -0.3 is 14.4 Å². The Hall–Kier alpha value is -1.71. The molecule has 1 amide bonds. The molecule has 1 aliphatic carbocycles. The number of nitrogens with zero attached hydrogens (tertiary/aromatic N) is 1. The summed E-state index contributed by atoms with van der Waals surface area (Å²) in [7, 11) is 0. The molecule has 4 nitrogen and oxygen atoms in total. The number of carbonyl (C=O) groups excluding carboxylic acids is 1. The van der Waals surface area contributed by atoms with Crippen molar-refractivity contribution in [3.8, 4) is 11.5 Å². The fraction of sp³-hybridized carbons (Fsp3) is 0.667. The third-order valence-corrected chi connectivity index (χ3v) is 5.09. The van der Waals surface area contributed by atoms with Crippen LogP contribution in [0.15, 0.2) is 18.2 Å². The van der Waals surface area contributed by atoms with Crippen molar-refractivity contribution in [1.29, 1.82) is 0 Å². The van der Waals surface area contributed by atoms with Crippen molar-refractivity contribution in [2.45, 2.75) is 83.7 Å². The molecule has 1 fully saturated rings. The van der Waals surface area contributed by atoms with Gasteiger partial charge >= 0.3 is 0 Å². The SMILES string of the molecule is CCCCCCCCCC(=O)N(Cc1ccc2c(c1)OCO2)C1CC1. The Kier molecular flexibility index (Phi) is 6.60. The number of hydrogen-bond donors (Lipinski definition) is 0. The number of hydrogen-bond acceptors (Lipinski definition) is 3. The maximum Gasteiger partial charge on any atom is 0.231 e. The van der Waals surface area contributed by atoms with Crippen molar-refractivity contribution in [2.24, 2.45) is 0 Å². The van der Waals surface area contributed by atoms with E-state index < -0.39 is 0 Å².